The van der Waals surface area contributed by atoms with Crippen molar-refractivity contribution in [3.05, 3.63) is 71.3 Å². The molecule has 1 N–H and O–H groups in total. The molecule has 0 fully saturated rings. The molecule has 0 spiro atoms. The summed E-state index contributed by atoms with van der Waals surface area (Å²) >= 11 is 0. The predicted octanol–water partition coefficient (Wildman–Crippen LogP) is 4.53. The molecule has 3 aromatic heterocycles. The van der Waals surface area contributed by atoms with Crippen LogP contribution < -0.4 is 14.8 Å². The fraction of sp³-hybridized carbons (Fsp3) is 0.259. The molecule has 4 heterocycles. The number of rotatable bonds is 7. The number of hydrogen-bond acceptors (Lipinski definition) is 8. The summed E-state index contributed by atoms with van der Waals surface area (Å²) in [5.41, 5.74) is 0.0929. The minimum absolute atomic E-state index is 0. The van der Waals surface area contributed by atoms with E-state index in [0.29, 0.717) is 34.0 Å². The number of hydrogen-bond donors (Lipinski definition) is 1. The summed E-state index contributed by atoms with van der Waals surface area (Å²) in [5, 5.41) is 3.28. The molecule has 0 saturated carbocycles. The second-order valence-corrected chi connectivity index (χ2v) is 11.0. The second kappa shape index (κ2) is 12.0. The molecular formula is C27H26F4N4O5S. The maximum absolute atomic E-state index is 14.6. The first-order valence-corrected chi connectivity index (χ1v) is 13.7. The van der Waals surface area contributed by atoms with Crippen LogP contribution in [0.2, 0.25) is 0 Å². The molecule has 0 saturated heterocycles. The van der Waals surface area contributed by atoms with Crippen LogP contribution >= 0.6 is 0 Å². The molecule has 9 nitrogen and oxygen atoms in total. The lowest BCUT2D eigenvalue weighted by Crippen LogP contribution is -2.24. The Labute approximate surface area is 233 Å². The molecule has 41 heavy (non-hydrogen) atoms. The molecule has 5 rings (SSSR count). The molecule has 0 radical (unpaired) electrons. The normalized spacial score (nSPS) is 15.7. The number of sulfone groups is 1. The van der Waals surface area contributed by atoms with E-state index in [-0.39, 0.29) is 31.3 Å². The molecule has 218 valence electrons. The third-order valence-electron chi connectivity index (χ3n) is 6.33. The van der Waals surface area contributed by atoms with Crippen molar-refractivity contribution in [3.63, 3.8) is 0 Å². The van der Waals surface area contributed by atoms with Crippen LogP contribution in [0.1, 0.15) is 29.5 Å². The van der Waals surface area contributed by atoms with Gasteiger partial charge in [-0.05, 0) is 36.4 Å². The highest BCUT2D eigenvalue weighted by atomic mass is 32.2. The Hall–Kier alpha value is -4.33. The highest BCUT2D eigenvalue weighted by Gasteiger charge is 2.35. The number of fused-ring (bicyclic) bond motifs is 2. The SMILES string of the molecule is COc1nc(-c2ccc3cnc(CNC(=O)c4cc(F)c5c(c4)S(=O)(=O)[C@@H](F)CCO5)cc3n2)ccc1CCF.F.[HH]. The zero-order valence-corrected chi connectivity index (χ0v) is 22.4. The van der Waals surface area contributed by atoms with Crippen molar-refractivity contribution in [1.82, 2.24) is 20.3 Å². The number of ether oxygens (including phenoxy) is 2. The minimum Gasteiger partial charge on any atom is -0.489 e. The van der Waals surface area contributed by atoms with E-state index in [4.69, 9.17) is 9.47 Å². The van der Waals surface area contributed by atoms with E-state index < -0.39 is 50.8 Å². The van der Waals surface area contributed by atoms with Crippen molar-refractivity contribution in [1.29, 1.82) is 0 Å². The van der Waals surface area contributed by atoms with Crippen molar-refractivity contribution in [2.24, 2.45) is 0 Å². The van der Waals surface area contributed by atoms with E-state index >= 15 is 0 Å². The van der Waals surface area contributed by atoms with Gasteiger partial charge in [0.15, 0.2) is 11.6 Å². The van der Waals surface area contributed by atoms with Gasteiger partial charge in [0.25, 0.3) is 5.91 Å². The number of methoxy groups -OCH3 is 1. The highest BCUT2D eigenvalue weighted by molar-refractivity contribution is 7.92. The maximum atomic E-state index is 14.6. The van der Waals surface area contributed by atoms with Crippen molar-refractivity contribution in [3.8, 4) is 23.0 Å². The van der Waals surface area contributed by atoms with Gasteiger partial charge in [-0.1, -0.05) is 6.07 Å². The third-order valence-corrected chi connectivity index (χ3v) is 8.15. The van der Waals surface area contributed by atoms with Gasteiger partial charge in [0.05, 0.1) is 49.5 Å². The fourth-order valence-corrected chi connectivity index (χ4v) is 5.64. The van der Waals surface area contributed by atoms with Gasteiger partial charge in [0.1, 0.15) is 4.90 Å². The number of amides is 1. The first kappa shape index (κ1) is 29.6. The average molecular weight is 595 g/mol. The third kappa shape index (κ3) is 5.92. The highest BCUT2D eigenvalue weighted by Crippen LogP contribution is 2.35. The van der Waals surface area contributed by atoms with E-state index in [1.807, 2.05) is 0 Å². The number of alkyl halides is 2. The summed E-state index contributed by atoms with van der Waals surface area (Å²) in [6.07, 6.45) is 1.30. The summed E-state index contributed by atoms with van der Waals surface area (Å²) in [6.45, 7) is -0.934. The predicted molar refractivity (Wildman–Crippen MR) is 143 cm³/mol. The summed E-state index contributed by atoms with van der Waals surface area (Å²) < 4.78 is 76.9. The molecule has 1 aliphatic heterocycles. The molecule has 1 amide bonds. The number of carbonyl (C=O) groups is 1. The summed E-state index contributed by atoms with van der Waals surface area (Å²) in [5.74, 6) is -2.15. The summed E-state index contributed by atoms with van der Waals surface area (Å²) in [4.78, 5) is 25.4. The molecule has 1 aliphatic rings. The zero-order valence-electron chi connectivity index (χ0n) is 21.6. The van der Waals surface area contributed by atoms with Crippen molar-refractivity contribution >= 4 is 26.6 Å². The van der Waals surface area contributed by atoms with E-state index in [2.05, 4.69) is 20.3 Å². The number of nitrogens with one attached hydrogen (secondary N) is 1. The maximum Gasteiger partial charge on any atom is 0.251 e. The lowest BCUT2D eigenvalue weighted by atomic mass is 10.1. The number of aromatic nitrogens is 3. The van der Waals surface area contributed by atoms with Gasteiger partial charge in [-0.3, -0.25) is 18.9 Å². The molecule has 0 bridgehead atoms. The number of benzene rings is 1. The molecular weight excluding hydrogens is 568 g/mol. The van der Waals surface area contributed by atoms with Gasteiger partial charge in [-0.2, -0.15) is 0 Å². The smallest absolute Gasteiger partial charge is 0.251 e. The number of carbonyl (C=O) groups excluding carboxylic acids is 1. The van der Waals surface area contributed by atoms with Gasteiger partial charge in [0, 0.05) is 37.0 Å². The van der Waals surface area contributed by atoms with Crippen LogP contribution in [0.3, 0.4) is 0 Å². The number of halogens is 4. The molecule has 1 aromatic carbocycles. The summed E-state index contributed by atoms with van der Waals surface area (Å²) in [6, 6.07) is 10.4. The van der Waals surface area contributed by atoms with Crippen LogP contribution in [0.15, 0.2) is 53.6 Å². The largest absolute Gasteiger partial charge is 0.489 e. The lowest BCUT2D eigenvalue weighted by Gasteiger charge is -2.12. The first-order chi connectivity index (χ1) is 19.2. The summed E-state index contributed by atoms with van der Waals surface area (Å²) in [7, 11) is -3.07. The monoisotopic (exact) mass is 594 g/mol. The fourth-order valence-electron chi connectivity index (χ4n) is 4.25. The number of nitrogens with zero attached hydrogens (tertiary/aromatic N) is 3. The zero-order chi connectivity index (χ0) is 28.4. The average Bonchev–Trinajstić information content (AvgIpc) is 3.07. The molecule has 4 aromatic rings. The van der Waals surface area contributed by atoms with Gasteiger partial charge >= 0.3 is 0 Å². The Morgan fingerprint density at radius 2 is 1.93 bits per heavy atom. The Kier molecular flexibility index (Phi) is 8.71. The van der Waals surface area contributed by atoms with Crippen molar-refractivity contribution < 1.29 is 42.0 Å². The van der Waals surface area contributed by atoms with Crippen LogP contribution in [0, 0.1) is 5.82 Å². The minimum atomic E-state index is -4.53. The Morgan fingerprint density at radius 3 is 2.68 bits per heavy atom. The van der Waals surface area contributed by atoms with Gasteiger partial charge in [-0.15, -0.1) is 0 Å². The Bertz CT molecular complexity index is 1730. The van der Waals surface area contributed by atoms with Crippen LogP contribution in [0.4, 0.5) is 17.9 Å². The Balaban J connectivity index is 0.00000242. The van der Waals surface area contributed by atoms with E-state index in [0.717, 1.165) is 17.5 Å². The lowest BCUT2D eigenvalue weighted by molar-refractivity contribution is 0.0949. The standard InChI is InChI=1S/C27H23F3N4O5S.FH.H2/c1-38-27-15(6-8-28)2-4-21(34-27)20-5-3-16-13-31-18(12-22(16)33-20)14-32-26(35)17-10-19(29)25-23(11-17)40(36,37)24(30)7-9-39-25;;/h2-5,10-13,24H,6-9,14H2,1H3,(H,32,35);2*1H/t24-;;/m1../s1. The van der Waals surface area contributed by atoms with E-state index in [9.17, 15) is 26.4 Å². The Morgan fingerprint density at radius 1 is 1.17 bits per heavy atom. The molecule has 1 atom stereocenters. The van der Waals surface area contributed by atoms with E-state index in [1.54, 1.807) is 36.5 Å². The number of pyridine rings is 3. The molecule has 14 heteroatoms. The van der Waals surface area contributed by atoms with Gasteiger partial charge in [0.2, 0.25) is 21.2 Å². The topological polar surface area (TPSA) is 120 Å². The first-order valence-electron chi connectivity index (χ1n) is 12.2. The quantitative estimate of drug-likeness (QED) is 0.310. The van der Waals surface area contributed by atoms with Crippen LogP contribution in [-0.4, -0.2) is 55.2 Å². The molecule has 0 aliphatic carbocycles. The number of aryl methyl sites for hydroxylation is 1. The van der Waals surface area contributed by atoms with Crippen molar-refractivity contribution in [2.45, 2.75) is 29.8 Å². The van der Waals surface area contributed by atoms with Crippen LogP contribution in [0.5, 0.6) is 11.6 Å². The van der Waals surface area contributed by atoms with Crippen LogP contribution in [0.25, 0.3) is 22.3 Å². The van der Waals surface area contributed by atoms with Crippen molar-refractivity contribution in [2.75, 3.05) is 20.4 Å². The van der Waals surface area contributed by atoms with Gasteiger partial charge in [-0.25, -0.2) is 27.2 Å². The van der Waals surface area contributed by atoms with Gasteiger partial charge < -0.3 is 14.8 Å². The van der Waals surface area contributed by atoms with Crippen LogP contribution in [-0.2, 0) is 22.8 Å². The molecule has 0 unspecified atom stereocenters. The van der Waals surface area contributed by atoms with E-state index in [1.165, 1.54) is 7.11 Å². The second-order valence-electron chi connectivity index (χ2n) is 8.93.